The van der Waals surface area contributed by atoms with E-state index in [1.165, 1.54) is 25.1 Å². The van der Waals surface area contributed by atoms with Gasteiger partial charge in [-0.1, -0.05) is 30.1 Å². The third-order valence-electron chi connectivity index (χ3n) is 4.00. The molecule has 1 N–H and O–H groups in total. The van der Waals surface area contributed by atoms with Crippen LogP contribution in [0.15, 0.2) is 35.2 Å². The molecule has 0 aliphatic heterocycles. The van der Waals surface area contributed by atoms with Crippen molar-refractivity contribution in [3.8, 4) is 0 Å². The summed E-state index contributed by atoms with van der Waals surface area (Å²) in [5, 5.41) is 2.59. The molecule has 0 radical (unpaired) electrons. The molecule has 30 heavy (non-hydrogen) atoms. The fourth-order valence-corrected chi connectivity index (χ4v) is 4.37. The van der Waals surface area contributed by atoms with Crippen LogP contribution in [0.5, 0.6) is 0 Å². The van der Waals surface area contributed by atoms with E-state index in [4.69, 9.17) is 23.2 Å². The number of hydrogen-bond acceptors (Lipinski definition) is 6. The van der Waals surface area contributed by atoms with E-state index in [-0.39, 0.29) is 38.9 Å². The molecule has 1 amide bonds. The number of benzene rings is 2. The lowest BCUT2D eigenvalue weighted by atomic mass is 10.1. The number of carbonyl (C=O) groups is 1. The molecule has 0 fully saturated rings. The molecule has 7 nitrogen and oxygen atoms in total. The van der Waals surface area contributed by atoms with E-state index in [1.54, 1.807) is 0 Å². The fourth-order valence-electron chi connectivity index (χ4n) is 2.46. The lowest BCUT2D eigenvalue weighted by Gasteiger charge is -2.12. The van der Waals surface area contributed by atoms with Gasteiger partial charge in [-0.05, 0) is 35.9 Å². The highest BCUT2D eigenvalue weighted by molar-refractivity contribution is 7.91. The number of sulfone groups is 1. The van der Waals surface area contributed by atoms with E-state index in [2.05, 4.69) is 9.50 Å². The van der Waals surface area contributed by atoms with E-state index in [0.717, 1.165) is 18.4 Å². The second-order valence-electron chi connectivity index (χ2n) is 6.22. The first kappa shape index (κ1) is 24.5. The van der Waals surface area contributed by atoms with Crippen LogP contribution in [-0.2, 0) is 37.3 Å². The summed E-state index contributed by atoms with van der Waals surface area (Å²) in [5.41, 5.74) is -0.0743. The number of hydrogen-bond donors (Lipinski definition) is 1. The highest BCUT2D eigenvalue weighted by Gasteiger charge is 2.19. The van der Waals surface area contributed by atoms with Gasteiger partial charge in [0.05, 0.1) is 23.5 Å². The zero-order valence-electron chi connectivity index (χ0n) is 15.9. The summed E-state index contributed by atoms with van der Waals surface area (Å²) in [6, 6.07) is 6.24. The summed E-state index contributed by atoms with van der Waals surface area (Å²) in [7, 11) is -7.36. The van der Waals surface area contributed by atoms with Crippen LogP contribution in [-0.4, -0.2) is 34.8 Å². The molecule has 0 heterocycles. The summed E-state index contributed by atoms with van der Waals surface area (Å²) in [4.78, 5) is 12.5. The van der Waals surface area contributed by atoms with Crippen molar-refractivity contribution >= 4 is 49.1 Å². The number of carbonyl (C=O) groups excluding carboxylic acids is 1. The molecular weight excluding hydrogens is 480 g/mol. The largest absolute Gasteiger partial charge is 0.348 e. The Kier molecular flexibility index (Phi) is 7.86. The third kappa shape index (κ3) is 6.39. The van der Waals surface area contributed by atoms with Crippen molar-refractivity contribution in [1.29, 1.82) is 0 Å². The Balaban J connectivity index is 2.23. The van der Waals surface area contributed by atoms with E-state index in [0.29, 0.717) is 5.02 Å². The van der Waals surface area contributed by atoms with Crippen molar-refractivity contribution in [2.75, 3.05) is 12.0 Å². The second-order valence-corrected chi connectivity index (χ2v) is 11.0. The van der Waals surface area contributed by atoms with E-state index in [1.807, 2.05) is 0 Å². The Morgan fingerprint density at radius 3 is 2.37 bits per heavy atom. The molecule has 0 saturated carbocycles. The van der Waals surface area contributed by atoms with Crippen molar-refractivity contribution in [1.82, 2.24) is 5.32 Å². The molecule has 164 valence electrons. The molecule has 2 rings (SSSR count). The quantitative estimate of drug-likeness (QED) is 0.560. The average molecular weight is 498 g/mol. The summed E-state index contributed by atoms with van der Waals surface area (Å²) < 4.78 is 65.4. The van der Waals surface area contributed by atoms with E-state index < -0.39 is 38.3 Å². The zero-order chi connectivity index (χ0) is 22.7. The van der Waals surface area contributed by atoms with Crippen molar-refractivity contribution in [2.45, 2.75) is 25.0 Å². The maximum Gasteiger partial charge on any atom is 0.264 e. The second kappa shape index (κ2) is 9.61. The van der Waals surface area contributed by atoms with Gasteiger partial charge in [-0.3, -0.25) is 8.98 Å². The zero-order valence-corrected chi connectivity index (χ0v) is 19.1. The maximum absolute atomic E-state index is 14.3. The molecular formula is C18H18Cl2FNO6S2. The lowest BCUT2D eigenvalue weighted by molar-refractivity contribution is 0.0950. The highest BCUT2D eigenvalue weighted by Crippen LogP contribution is 2.24. The van der Waals surface area contributed by atoms with Gasteiger partial charge in [-0.2, -0.15) is 8.42 Å². The molecule has 0 aliphatic carbocycles. The number of rotatable bonds is 8. The van der Waals surface area contributed by atoms with Crippen LogP contribution >= 0.6 is 23.2 Å². The molecule has 0 unspecified atom stereocenters. The van der Waals surface area contributed by atoms with Gasteiger partial charge < -0.3 is 5.32 Å². The molecule has 12 heteroatoms. The number of halogens is 3. The normalized spacial score (nSPS) is 12.0. The number of nitrogens with one attached hydrogen (secondary N) is 1. The van der Waals surface area contributed by atoms with Gasteiger partial charge >= 0.3 is 0 Å². The molecule has 0 aromatic heterocycles. The molecule has 0 aliphatic rings. The molecule has 2 aromatic rings. The van der Waals surface area contributed by atoms with Crippen LogP contribution in [0.4, 0.5) is 4.39 Å². The summed E-state index contributed by atoms with van der Waals surface area (Å²) in [6.45, 7) is 0.699. The molecule has 0 spiro atoms. The molecule has 2 aromatic carbocycles. The summed E-state index contributed by atoms with van der Waals surface area (Å²) in [6.07, 6.45) is 0.809. The maximum atomic E-state index is 14.3. The van der Waals surface area contributed by atoms with Gasteiger partial charge in [0, 0.05) is 27.7 Å². The molecule has 0 saturated heterocycles. The van der Waals surface area contributed by atoms with E-state index >= 15 is 0 Å². The van der Waals surface area contributed by atoms with Gasteiger partial charge in [-0.15, -0.1) is 0 Å². The predicted molar refractivity (Wildman–Crippen MR) is 111 cm³/mol. The topological polar surface area (TPSA) is 107 Å². The van der Waals surface area contributed by atoms with Crippen LogP contribution < -0.4 is 5.32 Å². The minimum absolute atomic E-state index is 0.0344. The van der Waals surface area contributed by atoms with Crippen molar-refractivity contribution in [3.63, 3.8) is 0 Å². The Hall–Kier alpha value is -1.72. The molecule has 0 atom stereocenters. The van der Waals surface area contributed by atoms with Gasteiger partial charge in [-0.25, -0.2) is 12.8 Å². The van der Waals surface area contributed by atoms with Crippen LogP contribution in [0, 0.1) is 5.82 Å². The van der Waals surface area contributed by atoms with Gasteiger partial charge in [0.15, 0.2) is 9.84 Å². The van der Waals surface area contributed by atoms with Crippen LogP contribution in [0.2, 0.25) is 10.0 Å². The smallest absolute Gasteiger partial charge is 0.264 e. The standard InChI is InChI=1S/C18H18Cl2FNO6S2/c1-3-30(26,27)17-5-4-13(19)6-12(17)9-22-18(23)11-7-15(20)14(16(21)8-11)10-28-29(2,24)25/h4-8H,3,9-10H2,1-2H3,(H,22,23). The van der Waals surface area contributed by atoms with Gasteiger partial charge in [0.1, 0.15) is 5.82 Å². The molecule has 0 bridgehead atoms. The van der Waals surface area contributed by atoms with Gasteiger partial charge in [0.25, 0.3) is 16.0 Å². The van der Waals surface area contributed by atoms with Crippen molar-refractivity contribution < 1.29 is 30.2 Å². The Bertz CT molecular complexity index is 1160. The highest BCUT2D eigenvalue weighted by atomic mass is 35.5. The Labute approximate surface area is 184 Å². The summed E-state index contributed by atoms with van der Waals surface area (Å²) in [5.74, 6) is -1.77. The summed E-state index contributed by atoms with van der Waals surface area (Å²) >= 11 is 11.9. The van der Waals surface area contributed by atoms with Crippen molar-refractivity contribution in [3.05, 3.63) is 62.9 Å². The Morgan fingerprint density at radius 1 is 1.13 bits per heavy atom. The minimum atomic E-state index is -3.81. The SMILES string of the molecule is CCS(=O)(=O)c1ccc(Cl)cc1CNC(=O)c1cc(F)c(COS(C)(=O)=O)c(Cl)c1. The Morgan fingerprint density at radius 2 is 1.80 bits per heavy atom. The first-order chi connectivity index (χ1) is 13.8. The number of amides is 1. The lowest BCUT2D eigenvalue weighted by Crippen LogP contribution is -2.24. The first-order valence-electron chi connectivity index (χ1n) is 8.45. The predicted octanol–water partition coefficient (Wildman–Crippen LogP) is 3.33. The third-order valence-corrected chi connectivity index (χ3v) is 6.94. The van der Waals surface area contributed by atoms with Crippen LogP contribution in [0.25, 0.3) is 0 Å². The fraction of sp³-hybridized carbons (Fsp3) is 0.278. The average Bonchev–Trinajstić information content (AvgIpc) is 2.64. The minimum Gasteiger partial charge on any atom is -0.348 e. The monoisotopic (exact) mass is 497 g/mol. The van der Waals surface area contributed by atoms with Gasteiger partial charge in [0.2, 0.25) is 0 Å². The first-order valence-corrected chi connectivity index (χ1v) is 12.7. The van der Waals surface area contributed by atoms with Crippen molar-refractivity contribution in [2.24, 2.45) is 0 Å². The van der Waals surface area contributed by atoms with Crippen LogP contribution in [0.3, 0.4) is 0 Å². The van der Waals surface area contributed by atoms with Crippen LogP contribution in [0.1, 0.15) is 28.4 Å². The van der Waals surface area contributed by atoms with E-state index in [9.17, 15) is 26.0 Å².